The Morgan fingerprint density at radius 2 is 2.33 bits per heavy atom. The van der Waals surface area contributed by atoms with Gasteiger partial charge in [-0.3, -0.25) is 10.1 Å². The van der Waals surface area contributed by atoms with Gasteiger partial charge in [-0.15, -0.1) is 0 Å². The molecule has 4 nitrogen and oxygen atoms in total. The summed E-state index contributed by atoms with van der Waals surface area (Å²) in [7, 11) is 3.61. The van der Waals surface area contributed by atoms with E-state index in [9.17, 15) is 4.79 Å². The highest BCUT2D eigenvalue weighted by Crippen LogP contribution is 2.10. The number of carbonyl (C=O) groups is 1. The van der Waals surface area contributed by atoms with Crippen molar-refractivity contribution in [2.24, 2.45) is 0 Å². The molecule has 1 aliphatic rings. The molecule has 0 aromatic heterocycles. The van der Waals surface area contributed by atoms with Crippen molar-refractivity contribution in [3.63, 3.8) is 0 Å². The summed E-state index contributed by atoms with van der Waals surface area (Å²) in [6.07, 6.45) is 0. The van der Waals surface area contributed by atoms with Crippen LogP contribution in [0.25, 0.3) is 0 Å². The summed E-state index contributed by atoms with van der Waals surface area (Å²) in [5.74, 6) is 0.00606. The third-order valence-electron chi connectivity index (χ3n) is 2.16. The van der Waals surface area contributed by atoms with Crippen molar-refractivity contribution < 1.29 is 4.79 Å². The van der Waals surface area contributed by atoms with Crippen LogP contribution in [-0.4, -0.2) is 38.1 Å². The fraction of sp³-hybridized carbons (Fsp3) is 0.625. The van der Waals surface area contributed by atoms with Crippen LogP contribution >= 0.6 is 0 Å². The normalized spacial score (nSPS) is 18.1. The Hall–Kier alpha value is -1.03. The molecule has 0 aliphatic carbocycles. The van der Waals surface area contributed by atoms with Crippen LogP contribution in [0, 0.1) is 0 Å². The number of hydrogen-bond acceptors (Lipinski definition) is 3. The van der Waals surface area contributed by atoms with Gasteiger partial charge in [-0.1, -0.05) is 0 Å². The maximum Gasteiger partial charge on any atom is 0.250 e. The summed E-state index contributed by atoms with van der Waals surface area (Å²) < 4.78 is 0. The molecule has 1 amide bonds. The van der Waals surface area contributed by atoms with E-state index in [-0.39, 0.29) is 5.91 Å². The monoisotopic (exact) mass is 169 g/mol. The Balaban J connectivity index is 2.85. The lowest BCUT2D eigenvalue weighted by Gasteiger charge is -2.28. The van der Waals surface area contributed by atoms with Crippen LogP contribution < -0.4 is 10.6 Å². The van der Waals surface area contributed by atoms with E-state index in [0.29, 0.717) is 6.54 Å². The van der Waals surface area contributed by atoms with Gasteiger partial charge >= 0.3 is 0 Å². The molecule has 2 N–H and O–H groups in total. The number of amides is 1. The lowest BCUT2D eigenvalue weighted by atomic mass is 10.1. The molecule has 0 fully saturated rings. The minimum Gasteiger partial charge on any atom is -0.365 e. The van der Waals surface area contributed by atoms with Crippen LogP contribution in [-0.2, 0) is 4.79 Å². The Morgan fingerprint density at radius 1 is 1.67 bits per heavy atom. The largest absolute Gasteiger partial charge is 0.365 e. The van der Waals surface area contributed by atoms with Crippen molar-refractivity contribution in [1.29, 1.82) is 0 Å². The molecule has 0 atom stereocenters. The minimum atomic E-state index is 0.00606. The Bertz CT molecular complexity index is 222. The molecule has 68 valence electrons. The Kier molecular flexibility index (Phi) is 2.70. The van der Waals surface area contributed by atoms with Gasteiger partial charge < -0.3 is 10.2 Å². The second-order valence-electron chi connectivity index (χ2n) is 2.93. The van der Waals surface area contributed by atoms with Crippen LogP contribution in [0.4, 0.5) is 0 Å². The molecule has 1 rings (SSSR count). The summed E-state index contributed by atoms with van der Waals surface area (Å²) >= 11 is 0. The first-order chi connectivity index (χ1) is 5.66. The maximum absolute atomic E-state index is 11.3. The number of nitrogens with one attached hydrogen (secondary N) is 2. The zero-order valence-corrected chi connectivity index (χ0v) is 7.77. The molecule has 0 bridgehead atoms. The average Bonchev–Trinajstić information content (AvgIpc) is 2.08. The number of allylic oxidation sites excluding steroid dienone is 1. The van der Waals surface area contributed by atoms with E-state index >= 15 is 0 Å². The highest BCUT2D eigenvalue weighted by Gasteiger charge is 2.17. The van der Waals surface area contributed by atoms with Crippen LogP contribution in [0.15, 0.2) is 11.3 Å². The van der Waals surface area contributed by atoms with E-state index in [0.717, 1.165) is 17.9 Å². The first-order valence-electron chi connectivity index (χ1n) is 4.00. The molecule has 0 unspecified atom stereocenters. The summed E-state index contributed by atoms with van der Waals surface area (Å²) in [6, 6.07) is 0. The standard InChI is InChI=1S/C8H15N3O/c1-6-7(8(12)9-2)4-10-5-11(6)3/h10H,4-5H2,1-3H3,(H,9,12). The molecule has 4 heteroatoms. The van der Waals surface area contributed by atoms with Crippen molar-refractivity contribution >= 4 is 5.91 Å². The van der Waals surface area contributed by atoms with Crippen molar-refractivity contribution in [2.45, 2.75) is 6.92 Å². The van der Waals surface area contributed by atoms with Gasteiger partial charge in [0.05, 0.1) is 6.67 Å². The highest BCUT2D eigenvalue weighted by atomic mass is 16.1. The SMILES string of the molecule is CNC(=O)C1=C(C)N(C)CNC1. The Labute approximate surface area is 72.6 Å². The quantitative estimate of drug-likeness (QED) is 0.556. The van der Waals surface area contributed by atoms with Crippen molar-refractivity contribution in [3.05, 3.63) is 11.3 Å². The molecular formula is C8H15N3O. The molecule has 0 saturated carbocycles. The molecular weight excluding hydrogens is 154 g/mol. The first kappa shape index (κ1) is 9.06. The average molecular weight is 169 g/mol. The topological polar surface area (TPSA) is 44.4 Å². The van der Waals surface area contributed by atoms with Gasteiger partial charge in [0.2, 0.25) is 5.91 Å². The van der Waals surface area contributed by atoms with Gasteiger partial charge in [0, 0.05) is 31.9 Å². The zero-order valence-electron chi connectivity index (χ0n) is 7.77. The number of rotatable bonds is 1. The van der Waals surface area contributed by atoms with Gasteiger partial charge in [0.1, 0.15) is 0 Å². The minimum absolute atomic E-state index is 0.00606. The van der Waals surface area contributed by atoms with Gasteiger partial charge in [-0.05, 0) is 6.92 Å². The predicted molar refractivity (Wildman–Crippen MR) is 47.4 cm³/mol. The highest BCUT2D eigenvalue weighted by molar-refractivity contribution is 5.94. The number of likely N-dealkylation sites (N-methyl/N-ethyl adjacent to an activating group) is 1. The molecule has 0 saturated heterocycles. The van der Waals surface area contributed by atoms with Crippen molar-refractivity contribution in [2.75, 3.05) is 27.3 Å². The summed E-state index contributed by atoms with van der Waals surface area (Å²) in [6.45, 7) is 3.44. The fourth-order valence-electron chi connectivity index (χ4n) is 1.22. The van der Waals surface area contributed by atoms with Crippen LogP contribution in [0.2, 0.25) is 0 Å². The van der Waals surface area contributed by atoms with Gasteiger partial charge in [0.25, 0.3) is 0 Å². The number of nitrogens with zero attached hydrogens (tertiary/aromatic N) is 1. The molecule has 0 aromatic carbocycles. The third-order valence-corrected chi connectivity index (χ3v) is 2.16. The van der Waals surface area contributed by atoms with E-state index in [2.05, 4.69) is 10.6 Å². The van der Waals surface area contributed by atoms with Gasteiger partial charge in [-0.2, -0.15) is 0 Å². The van der Waals surface area contributed by atoms with Gasteiger partial charge in [0.15, 0.2) is 0 Å². The van der Waals surface area contributed by atoms with E-state index in [1.807, 2.05) is 18.9 Å². The van der Waals surface area contributed by atoms with Crippen molar-refractivity contribution in [3.8, 4) is 0 Å². The summed E-state index contributed by atoms with van der Waals surface area (Å²) in [4.78, 5) is 13.3. The van der Waals surface area contributed by atoms with E-state index in [1.54, 1.807) is 7.05 Å². The second-order valence-corrected chi connectivity index (χ2v) is 2.93. The predicted octanol–water partition coefficient (Wildman–Crippen LogP) is -0.501. The molecule has 0 radical (unpaired) electrons. The first-order valence-corrected chi connectivity index (χ1v) is 4.00. The lowest BCUT2D eigenvalue weighted by molar-refractivity contribution is -0.117. The lowest BCUT2D eigenvalue weighted by Crippen LogP contribution is -2.41. The van der Waals surface area contributed by atoms with E-state index < -0.39 is 0 Å². The van der Waals surface area contributed by atoms with Crippen LogP contribution in [0.3, 0.4) is 0 Å². The zero-order chi connectivity index (χ0) is 9.14. The third kappa shape index (κ3) is 1.58. The van der Waals surface area contributed by atoms with Crippen LogP contribution in [0.5, 0.6) is 0 Å². The number of carbonyl (C=O) groups excluding carboxylic acids is 1. The maximum atomic E-state index is 11.3. The molecule has 0 spiro atoms. The molecule has 12 heavy (non-hydrogen) atoms. The van der Waals surface area contributed by atoms with E-state index in [4.69, 9.17) is 0 Å². The summed E-state index contributed by atoms with van der Waals surface area (Å²) in [5, 5.41) is 5.76. The van der Waals surface area contributed by atoms with Gasteiger partial charge in [-0.25, -0.2) is 0 Å². The fourth-order valence-corrected chi connectivity index (χ4v) is 1.22. The Morgan fingerprint density at radius 3 is 2.92 bits per heavy atom. The molecule has 1 aliphatic heterocycles. The number of hydrogen-bond donors (Lipinski definition) is 2. The second kappa shape index (κ2) is 3.58. The van der Waals surface area contributed by atoms with E-state index in [1.165, 1.54) is 0 Å². The molecule has 1 heterocycles. The summed E-state index contributed by atoms with van der Waals surface area (Å²) in [5.41, 5.74) is 1.87. The van der Waals surface area contributed by atoms with Crippen LogP contribution in [0.1, 0.15) is 6.92 Å². The smallest absolute Gasteiger partial charge is 0.250 e. The molecule has 0 aromatic rings. The van der Waals surface area contributed by atoms with Crippen molar-refractivity contribution in [1.82, 2.24) is 15.5 Å².